The molecule has 7 nitrogen and oxygen atoms in total. The summed E-state index contributed by atoms with van der Waals surface area (Å²) >= 11 is 0. The maximum Gasteiger partial charge on any atom is 0.408 e. The number of nitrogens with one attached hydrogen (secondary N) is 1. The smallest absolute Gasteiger partial charge is 0.408 e. The van der Waals surface area contributed by atoms with Gasteiger partial charge in [-0.3, -0.25) is 9.59 Å². The number of nitrogens with zero attached hydrogens (tertiary/aromatic N) is 1. The summed E-state index contributed by atoms with van der Waals surface area (Å²) in [6, 6.07) is 16.6. The Hall–Kier alpha value is -3.19. The number of likely N-dealkylation sites (tertiary alicyclic amines) is 1. The van der Waals surface area contributed by atoms with E-state index in [0.29, 0.717) is 39.0 Å². The molecule has 1 spiro atoms. The summed E-state index contributed by atoms with van der Waals surface area (Å²) in [6.45, 7) is 6.75. The molecule has 0 aromatic heterocycles. The third-order valence-corrected chi connectivity index (χ3v) is 6.72. The van der Waals surface area contributed by atoms with Gasteiger partial charge in [0.05, 0.1) is 13.2 Å². The van der Waals surface area contributed by atoms with E-state index >= 15 is 0 Å². The van der Waals surface area contributed by atoms with Gasteiger partial charge in [0.1, 0.15) is 11.6 Å². The highest BCUT2D eigenvalue weighted by Gasteiger charge is 2.46. The van der Waals surface area contributed by atoms with Crippen molar-refractivity contribution in [3.05, 3.63) is 71.3 Å². The molecule has 1 N–H and O–H groups in total. The minimum absolute atomic E-state index is 0.0376. The van der Waals surface area contributed by atoms with E-state index in [0.717, 1.165) is 16.7 Å². The third-order valence-electron chi connectivity index (χ3n) is 6.72. The lowest BCUT2D eigenvalue weighted by atomic mass is 9.73. The molecule has 0 radical (unpaired) electrons. The average Bonchev–Trinajstić information content (AvgIpc) is 3.09. The minimum atomic E-state index is -0.861. The molecule has 2 amide bonds. The Balaban J connectivity index is 1.41. The van der Waals surface area contributed by atoms with Crippen LogP contribution in [0.4, 0.5) is 4.79 Å². The Morgan fingerprint density at radius 1 is 1.03 bits per heavy atom. The molecule has 1 heterocycles. The Morgan fingerprint density at radius 2 is 1.69 bits per heavy atom. The summed E-state index contributed by atoms with van der Waals surface area (Å²) in [5.41, 5.74) is 2.02. The fraction of sp³-hybridized carbons (Fsp3) is 0.464. The number of alkyl carbamates (subject to hydrolysis) is 1. The second kappa shape index (κ2) is 10.2. The van der Waals surface area contributed by atoms with E-state index in [1.807, 2.05) is 54.6 Å². The quantitative estimate of drug-likeness (QED) is 0.671. The van der Waals surface area contributed by atoms with E-state index in [2.05, 4.69) is 5.32 Å². The predicted molar refractivity (Wildman–Crippen MR) is 132 cm³/mol. The first-order valence-electron chi connectivity index (χ1n) is 12.2. The number of Topliss-reactive ketones (excluding diaryl/α,β-unsaturated/α-hetero) is 1. The van der Waals surface area contributed by atoms with Crippen molar-refractivity contribution >= 4 is 17.8 Å². The number of carbonyl (C=O) groups excluding carboxylic acids is 3. The molecular formula is C28H34N2O5. The molecular weight excluding hydrogens is 444 g/mol. The van der Waals surface area contributed by atoms with Crippen molar-refractivity contribution in [1.82, 2.24) is 10.2 Å². The zero-order valence-corrected chi connectivity index (χ0v) is 20.7. The van der Waals surface area contributed by atoms with Gasteiger partial charge in [-0.15, -0.1) is 0 Å². The maximum absolute atomic E-state index is 13.5. The summed E-state index contributed by atoms with van der Waals surface area (Å²) < 4.78 is 11.2. The van der Waals surface area contributed by atoms with Crippen molar-refractivity contribution in [3.8, 4) is 0 Å². The van der Waals surface area contributed by atoms with Crippen LogP contribution < -0.4 is 5.32 Å². The molecule has 4 rings (SSSR count). The molecule has 2 aromatic carbocycles. The molecule has 186 valence electrons. The van der Waals surface area contributed by atoms with Gasteiger partial charge in [-0.2, -0.15) is 0 Å². The van der Waals surface area contributed by atoms with Crippen LogP contribution in [0.5, 0.6) is 0 Å². The van der Waals surface area contributed by atoms with Gasteiger partial charge in [0.25, 0.3) is 0 Å². The number of fused-ring (bicyclic) bond motifs is 2. The molecule has 1 atom stereocenters. The number of carbonyl (C=O) groups is 3. The molecule has 2 aliphatic rings. The van der Waals surface area contributed by atoms with Crippen LogP contribution in [-0.4, -0.2) is 54.0 Å². The largest absolute Gasteiger partial charge is 0.444 e. The fourth-order valence-electron chi connectivity index (χ4n) is 5.00. The number of piperidine rings is 1. The summed E-state index contributed by atoms with van der Waals surface area (Å²) in [6.07, 6.45) is 1.27. The SMILES string of the molecule is CC(C)(C)OC(=O)N[C@H](COCc1ccccc1)C(=O)N1CCC2(CC1)CC(=O)c1ccccc12. The van der Waals surface area contributed by atoms with E-state index in [-0.39, 0.29) is 23.7 Å². The van der Waals surface area contributed by atoms with Crippen molar-refractivity contribution in [2.24, 2.45) is 0 Å². The van der Waals surface area contributed by atoms with Gasteiger partial charge in [0.15, 0.2) is 5.78 Å². The summed E-state index contributed by atoms with van der Waals surface area (Å²) in [4.78, 5) is 40.3. The molecule has 0 unspecified atom stereocenters. The van der Waals surface area contributed by atoms with Gasteiger partial charge in [0.2, 0.25) is 5.91 Å². The molecule has 7 heteroatoms. The second-order valence-corrected chi connectivity index (χ2v) is 10.5. The van der Waals surface area contributed by atoms with Gasteiger partial charge in [-0.25, -0.2) is 4.79 Å². The van der Waals surface area contributed by atoms with E-state index in [9.17, 15) is 14.4 Å². The van der Waals surface area contributed by atoms with E-state index in [1.54, 1.807) is 25.7 Å². The molecule has 2 aromatic rings. The van der Waals surface area contributed by atoms with Crippen LogP contribution in [0, 0.1) is 0 Å². The van der Waals surface area contributed by atoms with Gasteiger partial charge in [-0.05, 0) is 44.7 Å². The predicted octanol–water partition coefficient (Wildman–Crippen LogP) is 4.24. The summed E-state index contributed by atoms with van der Waals surface area (Å²) in [5.74, 6) is -0.0180. The first-order valence-corrected chi connectivity index (χ1v) is 12.2. The molecule has 1 aliphatic heterocycles. The Morgan fingerprint density at radius 3 is 2.37 bits per heavy atom. The molecule has 1 saturated heterocycles. The summed E-state index contributed by atoms with van der Waals surface area (Å²) in [5, 5.41) is 2.71. The topological polar surface area (TPSA) is 84.9 Å². The van der Waals surface area contributed by atoms with Crippen molar-refractivity contribution in [2.45, 2.75) is 63.7 Å². The number of amides is 2. The monoisotopic (exact) mass is 478 g/mol. The number of ketones is 1. The van der Waals surface area contributed by atoms with Crippen LogP contribution in [0.1, 0.15) is 61.5 Å². The van der Waals surface area contributed by atoms with Gasteiger partial charge >= 0.3 is 6.09 Å². The highest BCUT2D eigenvalue weighted by atomic mass is 16.6. The maximum atomic E-state index is 13.5. The van der Waals surface area contributed by atoms with Crippen LogP contribution >= 0.6 is 0 Å². The van der Waals surface area contributed by atoms with Gasteiger partial charge < -0.3 is 19.7 Å². The number of hydrogen-bond acceptors (Lipinski definition) is 5. The van der Waals surface area contributed by atoms with Crippen LogP contribution in [0.25, 0.3) is 0 Å². The lowest BCUT2D eigenvalue weighted by Crippen LogP contribution is -2.54. The normalized spacial score (nSPS) is 17.7. The number of rotatable bonds is 6. The molecule has 1 fully saturated rings. The average molecular weight is 479 g/mol. The standard InChI is InChI=1S/C28H34N2O5/c1-27(2,3)35-26(33)29-23(19-34-18-20-9-5-4-6-10-20)25(32)30-15-13-28(14-16-30)17-24(31)21-11-7-8-12-22(21)28/h4-12,23H,13-19H2,1-3H3,(H,29,33)/t23-/m1/s1. The van der Waals surface area contributed by atoms with Gasteiger partial charge in [-0.1, -0.05) is 54.6 Å². The molecule has 0 saturated carbocycles. The van der Waals surface area contributed by atoms with E-state index in [4.69, 9.17) is 9.47 Å². The van der Waals surface area contributed by atoms with E-state index < -0.39 is 17.7 Å². The van der Waals surface area contributed by atoms with Crippen LogP contribution in [0.3, 0.4) is 0 Å². The first-order chi connectivity index (χ1) is 16.7. The lowest BCUT2D eigenvalue weighted by molar-refractivity contribution is -0.136. The Bertz CT molecular complexity index is 1070. The highest BCUT2D eigenvalue weighted by molar-refractivity contribution is 6.02. The van der Waals surface area contributed by atoms with Crippen molar-refractivity contribution in [1.29, 1.82) is 0 Å². The molecule has 1 aliphatic carbocycles. The number of hydrogen-bond donors (Lipinski definition) is 1. The zero-order chi connectivity index (χ0) is 25.1. The molecule has 0 bridgehead atoms. The van der Waals surface area contributed by atoms with Crippen LogP contribution in [0.15, 0.2) is 54.6 Å². The molecule has 35 heavy (non-hydrogen) atoms. The minimum Gasteiger partial charge on any atom is -0.444 e. The fourth-order valence-corrected chi connectivity index (χ4v) is 5.00. The Labute approximate surface area is 206 Å². The third kappa shape index (κ3) is 5.90. The first kappa shape index (κ1) is 24.9. The van der Waals surface area contributed by atoms with E-state index in [1.165, 1.54) is 0 Å². The number of benzene rings is 2. The number of ether oxygens (including phenoxy) is 2. The van der Waals surface area contributed by atoms with Crippen LogP contribution in [0.2, 0.25) is 0 Å². The summed E-state index contributed by atoms with van der Waals surface area (Å²) in [7, 11) is 0. The Kier molecular flexibility index (Phi) is 7.26. The van der Waals surface area contributed by atoms with Crippen LogP contribution in [-0.2, 0) is 26.3 Å². The van der Waals surface area contributed by atoms with Crippen molar-refractivity contribution in [2.75, 3.05) is 19.7 Å². The second-order valence-electron chi connectivity index (χ2n) is 10.5. The zero-order valence-electron chi connectivity index (χ0n) is 20.7. The highest BCUT2D eigenvalue weighted by Crippen LogP contribution is 2.46. The van der Waals surface area contributed by atoms with Crippen molar-refractivity contribution in [3.63, 3.8) is 0 Å². The van der Waals surface area contributed by atoms with Gasteiger partial charge in [0, 0.05) is 30.5 Å². The lowest BCUT2D eigenvalue weighted by Gasteiger charge is -2.40. The van der Waals surface area contributed by atoms with Crippen molar-refractivity contribution < 1.29 is 23.9 Å².